The van der Waals surface area contributed by atoms with Gasteiger partial charge in [-0.3, -0.25) is 4.79 Å². The predicted octanol–water partition coefficient (Wildman–Crippen LogP) is 2.89. The number of carboxylic acids is 1. The molecule has 3 nitrogen and oxygen atoms in total. The summed E-state index contributed by atoms with van der Waals surface area (Å²) in [5.41, 5.74) is 6.30. The van der Waals surface area contributed by atoms with E-state index in [1.54, 1.807) is 18.2 Å². The van der Waals surface area contributed by atoms with Crippen LogP contribution in [0.15, 0.2) is 18.2 Å². The lowest BCUT2D eigenvalue weighted by molar-refractivity contribution is -0.137. The molecular formula is C9H10Cl3NO2. The molecule has 1 rings (SSSR count). The molecule has 1 aromatic rings. The van der Waals surface area contributed by atoms with Gasteiger partial charge in [-0.2, -0.15) is 0 Å². The molecule has 0 saturated carbocycles. The van der Waals surface area contributed by atoms with E-state index in [2.05, 4.69) is 0 Å². The van der Waals surface area contributed by atoms with Gasteiger partial charge in [-0.05, 0) is 17.7 Å². The summed E-state index contributed by atoms with van der Waals surface area (Å²) in [4.78, 5) is 10.4. The maximum Gasteiger partial charge on any atom is 0.305 e. The summed E-state index contributed by atoms with van der Waals surface area (Å²) in [5, 5.41) is 9.34. The number of rotatable bonds is 3. The van der Waals surface area contributed by atoms with Crippen molar-refractivity contribution in [1.82, 2.24) is 0 Å². The molecule has 0 fully saturated rings. The number of carboxylic acid groups (broad SMARTS) is 1. The minimum absolute atomic E-state index is 0. The van der Waals surface area contributed by atoms with Crippen molar-refractivity contribution >= 4 is 41.6 Å². The van der Waals surface area contributed by atoms with Crippen LogP contribution in [-0.2, 0) is 4.79 Å². The van der Waals surface area contributed by atoms with Gasteiger partial charge < -0.3 is 10.8 Å². The van der Waals surface area contributed by atoms with Gasteiger partial charge in [0.15, 0.2) is 0 Å². The highest BCUT2D eigenvalue weighted by Gasteiger charge is 2.11. The monoisotopic (exact) mass is 269 g/mol. The van der Waals surface area contributed by atoms with Crippen LogP contribution in [-0.4, -0.2) is 11.1 Å². The molecule has 0 aliphatic heterocycles. The molecule has 0 aliphatic carbocycles. The standard InChI is InChI=1S/C9H9Cl2NO2.ClH/c10-6-2-1-5(3-7(6)11)8(12)4-9(13)14;/h1-3,8H,4,12H2,(H,13,14);1H/t8-;/m0./s1. The Hall–Kier alpha value is -0.480. The van der Waals surface area contributed by atoms with Crippen LogP contribution in [0.4, 0.5) is 0 Å². The van der Waals surface area contributed by atoms with Gasteiger partial charge in [0, 0.05) is 6.04 Å². The maximum atomic E-state index is 10.4. The number of nitrogens with two attached hydrogens (primary N) is 1. The maximum absolute atomic E-state index is 10.4. The normalized spacial score (nSPS) is 11.7. The molecule has 0 amide bonds. The second kappa shape index (κ2) is 6.18. The van der Waals surface area contributed by atoms with Crippen LogP contribution in [0.2, 0.25) is 10.0 Å². The van der Waals surface area contributed by atoms with E-state index >= 15 is 0 Å². The first-order chi connectivity index (χ1) is 6.50. The SMILES string of the molecule is Cl.N[C@@H](CC(=O)O)c1ccc(Cl)c(Cl)c1. The fourth-order valence-corrected chi connectivity index (χ4v) is 1.36. The lowest BCUT2D eigenvalue weighted by atomic mass is 10.1. The molecule has 1 aromatic carbocycles. The molecule has 1 atom stereocenters. The smallest absolute Gasteiger partial charge is 0.305 e. The quantitative estimate of drug-likeness (QED) is 0.887. The molecule has 6 heteroatoms. The van der Waals surface area contributed by atoms with E-state index in [-0.39, 0.29) is 18.8 Å². The van der Waals surface area contributed by atoms with Crippen molar-refractivity contribution in [2.24, 2.45) is 5.73 Å². The van der Waals surface area contributed by atoms with E-state index in [0.717, 1.165) is 0 Å². The third-order valence-corrected chi connectivity index (χ3v) is 2.51. The van der Waals surface area contributed by atoms with Gasteiger partial charge in [0.1, 0.15) is 0 Å². The summed E-state index contributed by atoms with van der Waals surface area (Å²) in [6, 6.07) is 4.29. The molecule has 0 bridgehead atoms. The van der Waals surface area contributed by atoms with E-state index in [4.69, 9.17) is 34.0 Å². The number of hydrogen-bond donors (Lipinski definition) is 2. The summed E-state index contributed by atoms with van der Waals surface area (Å²) in [6.45, 7) is 0. The van der Waals surface area contributed by atoms with Gasteiger partial charge in [-0.1, -0.05) is 29.3 Å². The Labute approximate surface area is 104 Å². The second-order valence-corrected chi connectivity index (χ2v) is 3.69. The molecule has 0 heterocycles. The first-order valence-electron chi connectivity index (χ1n) is 3.93. The predicted molar refractivity (Wildman–Crippen MR) is 62.9 cm³/mol. The number of aliphatic carboxylic acids is 1. The Bertz CT molecular complexity index is 357. The van der Waals surface area contributed by atoms with Gasteiger partial charge in [-0.15, -0.1) is 12.4 Å². The summed E-state index contributed by atoms with van der Waals surface area (Å²) in [6.07, 6.45) is -0.127. The molecule has 84 valence electrons. The molecule has 15 heavy (non-hydrogen) atoms. The van der Waals surface area contributed by atoms with Crippen LogP contribution in [0.25, 0.3) is 0 Å². The lowest BCUT2D eigenvalue weighted by Crippen LogP contribution is -2.14. The van der Waals surface area contributed by atoms with Gasteiger partial charge in [0.2, 0.25) is 0 Å². The van der Waals surface area contributed by atoms with Crippen molar-refractivity contribution in [1.29, 1.82) is 0 Å². The second-order valence-electron chi connectivity index (χ2n) is 2.88. The highest BCUT2D eigenvalue weighted by molar-refractivity contribution is 6.42. The van der Waals surface area contributed by atoms with Crippen molar-refractivity contribution in [2.45, 2.75) is 12.5 Å². The molecule has 0 saturated heterocycles. The summed E-state index contributed by atoms with van der Waals surface area (Å²) in [5.74, 6) is -0.941. The average molecular weight is 271 g/mol. The number of carbonyl (C=O) groups is 1. The Morgan fingerprint density at radius 2 is 2.00 bits per heavy atom. The molecule has 0 radical (unpaired) electrons. The van der Waals surface area contributed by atoms with Crippen LogP contribution in [0.3, 0.4) is 0 Å². The fourth-order valence-electron chi connectivity index (χ4n) is 1.05. The minimum Gasteiger partial charge on any atom is -0.481 e. The Morgan fingerprint density at radius 1 is 1.40 bits per heavy atom. The van der Waals surface area contributed by atoms with Crippen LogP contribution in [0.5, 0.6) is 0 Å². The Morgan fingerprint density at radius 3 is 2.47 bits per heavy atom. The van der Waals surface area contributed by atoms with Gasteiger partial charge in [0.05, 0.1) is 16.5 Å². The van der Waals surface area contributed by atoms with Crippen LogP contribution in [0, 0.1) is 0 Å². The first-order valence-corrected chi connectivity index (χ1v) is 4.68. The molecule has 0 unspecified atom stereocenters. The zero-order valence-electron chi connectivity index (χ0n) is 7.61. The van der Waals surface area contributed by atoms with E-state index in [0.29, 0.717) is 15.6 Å². The van der Waals surface area contributed by atoms with Crippen molar-refractivity contribution in [2.75, 3.05) is 0 Å². The first kappa shape index (κ1) is 14.5. The molecule has 0 spiro atoms. The molecular weight excluding hydrogens is 260 g/mol. The third-order valence-electron chi connectivity index (χ3n) is 1.77. The lowest BCUT2D eigenvalue weighted by Gasteiger charge is -2.09. The van der Waals surface area contributed by atoms with E-state index in [9.17, 15) is 4.79 Å². The largest absolute Gasteiger partial charge is 0.481 e. The summed E-state index contributed by atoms with van der Waals surface area (Å²) < 4.78 is 0. The average Bonchev–Trinajstić information content (AvgIpc) is 2.08. The highest BCUT2D eigenvalue weighted by Crippen LogP contribution is 2.25. The van der Waals surface area contributed by atoms with Gasteiger partial charge in [-0.25, -0.2) is 0 Å². The molecule has 3 N–H and O–H groups in total. The minimum atomic E-state index is -0.941. The van der Waals surface area contributed by atoms with Crippen molar-refractivity contribution < 1.29 is 9.90 Å². The van der Waals surface area contributed by atoms with Crippen LogP contribution >= 0.6 is 35.6 Å². The van der Waals surface area contributed by atoms with Crippen LogP contribution < -0.4 is 5.73 Å². The number of hydrogen-bond acceptors (Lipinski definition) is 2. The zero-order valence-corrected chi connectivity index (χ0v) is 9.94. The topological polar surface area (TPSA) is 63.3 Å². The fraction of sp³-hybridized carbons (Fsp3) is 0.222. The highest BCUT2D eigenvalue weighted by atomic mass is 35.5. The van der Waals surface area contributed by atoms with E-state index in [1.807, 2.05) is 0 Å². The number of benzene rings is 1. The van der Waals surface area contributed by atoms with Gasteiger partial charge in [0.25, 0.3) is 0 Å². The van der Waals surface area contributed by atoms with Crippen molar-refractivity contribution in [3.63, 3.8) is 0 Å². The van der Waals surface area contributed by atoms with Crippen LogP contribution in [0.1, 0.15) is 18.0 Å². The van der Waals surface area contributed by atoms with E-state index in [1.165, 1.54) is 0 Å². The zero-order chi connectivity index (χ0) is 10.7. The van der Waals surface area contributed by atoms with Crippen molar-refractivity contribution in [3.8, 4) is 0 Å². The number of halogens is 3. The molecule has 0 aromatic heterocycles. The summed E-state index contributed by atoms with van der Waals surface area (Å²) in [7, 11) is 0. The summed E-state index contributed by atoms with van der Waals surface area (Å²) >= 11 is 11.5. The molecule has 0 aliphatic rings. The Kier molecular flexibility index (Phi) is 5.98. The third kappa shape index (κ3) is 4.26. The van der Waals surface area contributed by atoms with E-state index < -0.39 is 12.0 Å². The Balaban J connectivity index is 0.00000196. The van der Waals surface area contributed by atoms with Crippen molar-refractivity contribution in [3.05, 3.63) is 33.8 Å². The van der Waals surface area contributed by atoms with Gasteiger partial charge >= 0.3 is 5.97 Å².